The predicted octanol–water partition coefficient (Wildman–Crippen LogP) is 4.36. The van der Waals surface area contributed by atoms with Crippen LogP contribution < -0.4 is 14.5 Å². The summed E-state index contributed by atoms with van der Waals surface area (Å²) < 4.78 is 35.6. The highest BCUT2D eigenvalue weighted by molar-refractivity contribution is 6.16. The van der Waals surface area contributed by atoms with E-state index in [4.69, 9.17) is 14.7 Å². The average Bonchev–Trinajstić information content (AvgIpc) is 3.65. The number of aromatic nitrogens is 2. The lowest BCUT2D eigenvalue weighted by atomic mass is 9.95. The summed E-state index contributed by atoms with van der Waals surface area (Å²) in [6, 6.07) is 6.22. The minimum absolute atomic E-state index is 0.0237. The highest BCUT2D eigenvalue weighted by Gasteiger charge is 2.49. The molecule has 7 rings (SSSR count). The number of ether oxygens (including phenoxy) is 1. The molecule has 43 heavy (non-hydrogen) atoms. The van der Waals surface area contributed by atoms with Crippen LogP contribution in [-0.4, -0.2) is 82.1 Å². The lowest BCUT2D eigenvalue weighted by Crippen LogP contribution is -2.43. The van der Waals surface area contributed by atoms with Crippen LogP contribution in [0.4, 0.5) is 20.3 Å². The van der Waals surface area contributed by atoms with Gasteiger partial charge in [-0.3, -0.25) is 9.69 Å². The fourth-order valence-electron chi connectivity index (χ4n) is 7.66. The molecule has 0 unspecified atom stereocenters. The zero-order valence-corrected chi connectivity index (χ0v) is 24.4. The first kappa shape index (κ1) is 28.2. The molecule has 0 aliphatic carbocycles. The number of fused-ring (bicyclic) bond motifs is 3. The molecule has 11 heteroatoms. The van der Waals surface area contributed by atoms with Crippen LogP contribution in [0.5, 0.6) is 11.8 Å². The highest BCUT2D eigenvalue weighted by atomic mass is 19.1. The van der Waals surface area contributed by atoms with E-state index in [-0.39, 0.29) is 54.7 Å². The Kier molecular flexibility index (Phi) is 7.12. The number of piperidine rings is 1. The number of hydrogen-bond acceptors (Lipinski definition) is 8. The fourth-order valence-corrected chi connectivity index (χ4v) is 7.66. The Morgan fingerprint density at radius 3 is 2.74 bits per heavy atom. The molecule has 4 aliphatic heterocycles. The Morgan fingerprint density at radius 2 is 1.98 bits per heavy atom. The van der Waals surface area contributed by atoms with Crippen molar-refractivity contribution in [3.8, 4) is 11.8 Å². The van der Waals surface area contributed by atoms with Gasteiger partial charge in [0.05, 0.1) is 23.5 Å². The summed E-state index contributed by atoms with van der Waals surface area (Å²) in [5.41, 5.74) is 1.38. The van der Waals surface area contributed by atoms with Gasteiger partial charge >= 0.3 is 6.01 Å². The molecular weight excluding hydrogens is 556 g/mol. The van der Waals surface area contributed by atoms with Gasteiger partial charge in [0.25, 0.3) is 5.91 Å². The van der Waals surface area contributed by atoms with E-state index in [1.807, 2.05) is 11.8 Å². The van der Waals surface area contributed by atoms with Crippen LogP contribution >= 0.6 is 0 Å². The molecule has 3 saturated heterocycles. The molecule has 2 N–H and O–H groups in total. The van der Waals surface area contributed by atoms with E-state index >= 15 is 0 Å². The van der Waals surface area contributed by atoms with Crippen molar-refractivity contribution in [2.24, 2.45) is 5.92 Å². The maximum Gasteiger partial charge on any atom is 0.318 e. The van der Waals surface area contributed by atoms with Gasteiger partial charge in [0, 0.05) is 44.1 Å². The quantitative estimate of drug-likeness (QED) is 0.417. The standard InChI is InChI=1S/C32H37F2N5O4/c1-2-23-24(34)5-4-20-12-22(41)13-26(27(20)23)39-16-25-28(30(39)42)29(37-10-6-19(17-40)7-11-37)36-31(35-25)43-18-32-8-3-9-38(32)15-21(33)14-32/h4-5,12-13,19,21,40-41H,2-3,6-11,14-18H2,1H3/t21-,32+/m1/s1. The van der Waals surface area contributed by atoms with Crippen molar-refractivity contribution < 1.29 is 28.5 Å². The van der Waals surface area contributed by atoms with Crippen LogP contribution in [0.1, 0.15) is 60.6 Å². The second-order valence-electron chi connectivity index (χ2n) is 12.5. The van der Waals surface area contributed by atoms with E-state index in [9.17, 15) is 23.8 Å². The smallest absolute Gasteiger partial charge is 0.318 e. The van der Waals surface area contributed by atoms with E-state index in [2.05, 4.69) is 4.90 Å². The van der Waals surface area contributed by atoms with Gasteiger partial charge in [0.1, 0.15) is 35.7 Å². The number of benzene rings is 2. The SMILES string of the molecule is CCc1c(F)ccc2cc(O)cc(N3Cc4nc(OC[C@@]56CCCN5C[C@H](F)C6)nc(N5CCC(CO)CC5)c4C3=O)c12. The van der Waals surface area contributed by atoms with E-state index in [0.717, 1.165) is 32.2 Å². The first-order chi connectivity index (χ1) is 20.8. The molecule has 1 amide bonds. The summed E-state index contributed by atoms with van der Waals surface area (Å²) in [5.74, 6) is -0.0405. The normalized spacial score (nSPS) is 24.3. The molecule has 228 valence electrons. The molecule has 5 heterocycles. The number of anilines is 2. The van der Waals surface area contributed by atoms with Crippen LogP contribution in [0.25, 0.3) is 10.8 Å². The minimum Gasteiger partial charge on any atom is -0.508 e. The number of carbonyl (C=O) groups is 1. The average molecular weight is 594 g/mol. The van der Waals surface area contributed by atoms with Gasteiger partial charge < -0.3 is 24.7 Å². The molecular formula is C32H37F2N5O4. The molecule has 3 aromatic rings. The van der Waals surface area contributed by atoms with E-state index in [1.54, 1.807) is 12.1 Å². The number of amides is 1. The number of rotatable bonds is 7. The van der Waals surface area contributed by atoms with E-state index in [0.29, 0.717) is 71.6 Å². The van der Waals surface area contributed by atoms with Gasteiger partial charge in [-0.1, -0.05) is 13.0 Å². The summed E-state index contributed by atoms with van der Waals surface area (Å²) in [6.45, 7) is 4.85. The lowest BCUT2D eigenvalue weighted by Gasteiger charge is -2.33. The Hall–Kier alpha value is -3.57. The van der Waals surface area contributed by atoms with Crippen LogP contribution in [0.3, 0.4) is 0 Å². The number of aromatic hydroxyl groups is 1. The number of aryl methyl sites for hydroxylation is 1. The molecule has 0 spiro atoms. The maximum absolute atomic E-state index is 14.9. The van der Waals surface area contributed by atoms with Crippen LogP contribution in [0.15, 0.2) is 24.3 Å². The monoisotopic (exact) mass is 593 g/mol. The zero-order valence-electron chi connectivity index (χ0n) is 24.4. The number of phenols is 1. The van der Waals surface area contributed by atoms with Crippen LogP contribution in [0, 0.1) is 11.7 Å². The number of phenolic OH excluding ortho intramolecular Hbond substituents is 1. The maximum atomic E-state index is 14.9. The molecule has 2 atom stereocenters. The topological polar surface area (TPSA) is 102 Å². The Labute approximate surface area is 249 Å². The first-order valence-electron chi connectivity index (χ1n) is 15.3. The number of aliphatic hydroxyl groups excluding tert-OH is 1. The van der Waals surface area contributed by atoms with Gasteiger partial charge in [-0.25, -0.2) is 8.78 Å². The number of aliphatic hydroxyl groups is 1. The van der Waals surface area contributed by atoms with Crippen LogP contribution in [0.2, 0.25) is 0 Å². The first-order valence-corrected chi connectivity index (χ1v) is 15.3. The molecule has 9 nitrogen and oxygen atoms in total. The predicted molar refractivity (Wildman–Crippen MR) is 158 cm³/mol. The number of nitrogens with zero attached hydrogens (tertiary/aromatic N) is 5. The lowest BCUT2D eigenvalue weighted by molar-refractivity contribution is 0.0995. The van der Waals surface area contributed by atoms with Crippen LogP contribution in [-0.2, 0) is 13.0 Å². The summed E-state index contributed by atoms with van der Waals surface area (Å²) in [4.78, 5) is 29.4. The van der Waals surface area contributed by atoms with Crippen molar-refractivity contribution >= 4 is 28.2 Å². The van der Waals surface area contributed by atoms with Gasteiger partial charge in [-0.05, 0) is 67.6 Å². The van der Waals surface area contributed by atoms with Crippen molar-refractivity contribution in [1.29, 1.82) is 0 Å². The number of hydrogen-bond donors (Lipinski definition) is 2. The van der Waals surface area contributed by atoms with Crippen molar-refractivity contribution in [2.75, 3.05) is 49.2 Å². The molecule has 0 radical (unpaired) electrons. The molecule has 0 bridgehead atoms. The van der Waals surface area contributed by atoms with Gasteiger partial charge in [0.15, 0.2) is 0 Å². The number of carbonyl (C=O) groups excluding carboxylic acids is 1. The summed E-state index contributed by atoms with van der Waals surface area (Å²) >= 11 is 0. The van der Waals surface area contributed by atoms with Crippen molar-refractivity contribution in [1.82, 2.24) is 14.9 Å². The minimum atomic E-state index is -0.880. The largest absolute Gasteiger partial charge is 0.508 e. The summed E-state index contributed by atoms with van der Waals surface area (Å²) in [6.07, 6.45) is 3.32. The Bertz CT molecular complexity index is 1580. The summed E-state index contributed by atoms with van der Waals surface area (Å²) in [5, 5.41) is 21.5. The number of alkyl halides is 1. The molecule has 1 aromatic heterocycles. The van der Waals surface area contributed by atoms with Crippen molar-refractivity contribution in [2.45, 2.75) is 63.7 Å². The van der Waals surface area contributed by atoms with Gasteiger partial charge in [0.2, 0.25) is 0 Å². The second kappa shape index (κ2) is 10.9. The van der Waals surface area contributed by atoms with E-state index in [1.165, 1.54) is 17.0 Å². The van der Waals surface area contributed by atoms with Gasteiger partial charge in [-0.2, -0.15) is 9.97 Å². The molecule has 3 fully saturated rings. The third-order valence-corrected chi connectivity index (χ3v) is 9.89. The molecule has 0 saturated carbocycles. The molecule has 4 aliphatic rings. The number of halogens is 2. The Balaban J connectivity index is 1.28. The molecule has 2 aromatic carbocycles. The van der Waals surface area contributed by atoms with Gasteiger partial charge in [-0.15, -0.1) is 0 Å². The van der Waals surface area contributed by atoms with Crippen molar-refractivity contribution in [3.63, 3.8) is 0 Å². The summed E-state index contributed by atoms with van der Waals surface area (Å²) in [7, 11) is 0. The third kappa shape index (κ3) is 4.77. The third-order valence-electron chi connectivity index (χ3n) is 9.89. The second-order valence-corrected chi connectivity index (χ2v) is 12.5. The zero-order chi connectivity index (χ0) is 29.9. The fraction of sp³-hybridized carbons (Fsp3) is 0.531. The van der Waals surface area contributed by atoms with Crippen molar-refractivity contribution in [3.05, 3.63) is 46.9 Å². The Morgan fingerprint density at radius 1 is 1.16 bits per heavy atom. The van der Waals surface area contributed by atoms with E-state index < -0.39 is 6.17 Å². The highest BCUT2D eigenvalue weighted by Crippen LogP contribution is 2.43.